The van der Waals surface area contributed by atoms with Gasteiger partial charge in [-0.3, -0.25) is 14.3 Å². The summed E-state index contributed by atoms with van der Waals surface area (Å²) in [5, 5.41) is 4.47. The lowest BCUT2D eigenvalue weighted by Crippen LogP contribution is -2.36. The molecule has 12 heteroatoms. The van der Waals surface area contributed by atoms with Crippen molar-refractivity contribution >= 4 is 27.0 Å². The van der Waals surface area contributed by atoms with Gasteiger partial charge in [-0.05, 0) is 57.5 Å². The molecule has 194 valence electrons. The number of likely N-dealkylation sites (tertiary alicyclic amines) is 1. The van der Waals surface area contributed by atoms with Gasteiger partial charge in [-0.15, -0.1) is 0 Å². The molecule has 4 rings (SSSR count). The Morgan fingerprint density at radius 2 is 2.06 bits per heavy atom. The summed E-state index contributed by atoms with van der Waals surface area (Å²) < 4.78 is 35.6. The quantitative estimate of drug-likeness (QED) is 0.461. The van der Waals surface area contributed by atoms with Crippen LogP contribution in [0.3, 0.4) is 0 Å². The largest absolute Gasteiger partial charge is 0.493 e. The number of amides is 1. The minimum atomic E-state index is -4.16. The number of H-pyrrole nitrogens is 1. The van der Waals surface area contributed by atoms with Gasteiger partial charge in [0.2, 0.25) is 5.91 Å². The molecule has 1 atom stereocenters. The summed E-state index contributed by atoms with van der Waals surface area (Å²) >= 11 is 0. The van der Waals surface area contributed by atoms with Crippen molar-refractivity contribution < 1.29 is 17.9 Å². The first kappa shape index (κ1) is 25.8. The number of ether oxygens (including phenoxy) is 1. The maximum absolute atomic E-state index is 13.1. The highest BCUT2D eigenvalue weighted by Crippen LogP contribution is 2.31. The summed E-state index contributed by atoms with van der Waals surface area (Å²) in [6, 6.07) is 4.24. The van der Waals surface area contributed by atoms with Crippen molar-refractivity contribution in [2.45, 2.75) is 38.5 Å². The highest BCUT2D eigenvalue weighted by atomic mass is 32.2. The van der Waals surface area contributed by atoms with Crippen molar-refractivity contribution in [3.63, 3.8) is 0 Å². The van der Waals surface area contributed by atoms with Gasteiger partial charge in [0.15, 0.2) is 5.52 Å². The summed E-state index contributed by atoms with van der Waals surface area (Å²) in [4.78, 5) is 34.9. The summed E-state index contributed by atoms with van der Waals surface area (Å²) in [5.74, 6) is -0.108. The Balaban J connectivity index is 1.78. The fourth-order valence-electron chi connectivity index (χ4n) is 4.46. The second-order valence-corrected chi connectivity index (χ2v) is 11.3. The van der Waals surface area contributed by atoms with Gasteiger partial charge in [0.1, 0.15) is 17.1 Å². The van der Waals surface area contributed by atoms with E-state index in [9.17, 15) is 18.0 Å². The van der Waals surface area contributed by atoms with Gasteiger partial charge in [0.05, 0.1) is 28.7 Å². The average Bonchev–Trinajstić information content (AvgIpc) is 3.37. The number of aromatic amines is 1. The van der Waals surface area contributed by atoms with Gasteiger partial charge in [-0.2, -0.15) is 5.10 Å². The van der Waals surface area contributed by atoms with Crippen LogP contribution >= 0.6 is 0 Å². The number of nitrogens with zero attached hydrogens (tertiary/aromatic N) is 4. The van der Waals surface area contributed by atoms with Crippen LogP contribution in [0, 0.1) is 11.8 Å². The normalized spacial score (nSPS) is 16.7. The van der Waals surface area contributed by atoms with Gasteiger partial charge in [-0.25, -0.2) is 18.1 Å². The topological polar surface area (TPSA) is 139 Å². The fraction of sp³-hybridized carbons (Fsp3) is 0.500. The molecule has 1 aliphatic rings. The van der Waals surface area contributed by atoms with Crippen molar-refractivity contribution in [2.24, 2.45) is 18.9 Å². The third kappa shape index (κ3) is 5.14. The number of fused-ring (bicyclic) bond motifs is 1. The van der Waals surface area contributed by atoms with Gasteiger partial charge in [0, 0.05) is 13.6 Å². The van der Waals surface area contributed by atoms with Crippen molar-refractivity contribution in [3.8, 4) is 17.1 Å². The second-order valence-electron chi connectivity index (χ2n) is 9.59. The molecule has 36 heavy (non-hydrogen) atoms. The van der Waals surface area contributed by atoms with Crippen LogP contribution < -0.4 is 15.0 Å². The molecular formula is C24H32N6O5S. The first-order valence-corrected chi connectivity index (χ1v) is 13.5. The Labute approximate surface area is 209 Å². The van der Waals surface area contributed by atoms with E-state index in [1.54, 1.807) is 14.0 Å². The van der Waals surface area contributed by atoms with Gasteiger partial charge < -0.3 is 14.6 Å². The van der Waals surface area contributed by atoms with E-state index in [4.69, 9.17) is 4.74 Å². The Hall–Kier alpha value is -3.25. The number of hydrogen-bond acceptors (Lipinski definition) is 8. The van der Waals surface area contributed by atoms with E-state index in [0.717, 1.165) is 6.54 Å². The minimum Gasteiger partial charge on any atom is -0.493 e. The second kappa shape index (κ2) is 10.0. The SMILES string of the molecule is CCOc1ccc(S(=O)(=O)NC(=O)C2CCN(C)C2)cc1-c1nc2c(CC(C)C)nn(C)c2c(=O)[nH]1. The minimum absolute atomic E-state index is 0.128. The molecule has 0 radical (unpaired) electrons. The third-order valence-electron chi connectivity index (χ3n) is 6.18. The van der Waals surface area contributed by atoms with E-state index in [1.165, 1.54) is 22.9 Å². The highest BCUT2D eigenvalue weighted by molar-refractivity contribution is 7.90. The smallest absolute Gasteiger partial charge is 0.277 e. The van der Waals surface area contributed by atoms with E-state index >= 15 is 0 Å². The molecule has 0 spiro atoms. The van der Waals surface area contributed by atoms with E-state index in [1.807, 2.05) is 25.8 Å². The predicted molar refractivity (Wildman–Crippen MR) is 135 cm³/mol. The molecule has 0 aliphatic carbocycles. The Kier molecular flexibility index (Phi) is 7.19. The zero-order valence-corrected chi connectivity index (χ0v) is 22.0. The molecule has 1 fully saturated rings. The van der Waals surface area contributed by atoms with Crippen LogP contribution in [0.15, 0.2) is 27.9 Å². The summed E-state index contributed by atoms with van der Waals surface area (Å²) in [6.07, 6.45) is 1.23. The van der Waals surface area contributed by atoms with Crippen LogP contribution in [0.2, 0.25) is 0 Å². The number of benzene rings is 1. The van der Waals surface area contributed by atoms with Crippen LogP contribution in [-0.4, -0.2) is 65.7 Å². The van der Waals surface area contributed by atoms with Crippen LogP contribution in [0.5, 0.6) is 5.75 Å². The number of aryl methyl sites for hydroxylation is 1. The highest BCUT2D eigenvalue weighted by Gasteiger charge is 2.30. The van der Waals surface area contributed by atoms with Crippen molar-refractivity contribution in [3.05, 3.63) is 34.2 Å². The first-order chi connectivity index (χ1) is 17.0. The van der Waals surface area contributed by atoms with E-state index < -0.39 is 27.4 Å². The Bertz CT molecular complexity index is 1460. The first-order valence-electron chi connectivity index (χ1n) is 12.0. The number of sulfonamides is 1. The molecule has 3 aromatic rings. The van der Waals surface area contributed by atoms with Crippen molar-refractivity contribution in [1.82, 2.24) is 29.4 Å². The van der Waals surface area contributed by atoms with Crippen molar-refractivity contribution in [1.29, 1.82) is 0 Å². The molecule has 1 amide bonds. The molecule has 11 nitrogen and oxygen atoms in total. The van der Waals surface area contributed by atoms with E-state index in [0.29, 0.717) is 60.0 Å². The standard InChI is InChI=1S/C24H32N6O5S/c1-6-35-19-8-7-16(36(33,34)28-23(31)15-9-10-29(4)13-15)12-17(19)22-25-20-18(11-14(2)3)27-30(5)21(20)24(32)26-22/h7-8,12,14-15H,6,9-11,13H2,1-5H3,(H,28,31)(H,25,26,32). The third-order valence-corrected chi connectivity index (χ3v) is 7.52. The van der Waals surface area contributed by atoms with Gasteiger partial charge in [0.25, 0.3) is 15.6 Å². The molecule has 3 heterocycles. The summed E-state index contributed by atoms with van der Waals surface area (Å²) in [5.41, 5.74) is 1.38. The monoisotopic (exact) mass is 516 g/mol. The number of carbonyl (C=O) groups excluding carboxylic acids is 1. The zero-order chi connectivity index (χ0) is 26.2. The predicted octanol–water partition coefficient (Wildman–Crippen LogP) is 1.68. The molecule has 0 saturated carbocycles. The van der Waals surface area contributed by atoms with Crippen LogP contribution in [0.1, 0.15) is 32.9 Å². The molecule has 0 bridgehead atoms. The Morgan fingerprint density at radius 1 is 1.31 bits per heavy atom. The molecule has 1 aliphatic heterocycles. The lowest BCUT2D eigenvalue weighted by Gasteiger charge is -2.14. The molecule has 1 unspecified atom stereocenters. The molecule has 1 saturated heterocycles. The number of nitrogens with one attached hydrogen (secondary N) is 2. The van der Waals surface area contributed by atoms with Gasteiger partial charge in [-0.1, -0.05) is 13.8 Å². The molecule has 1 aromatic carbocycles. The zero-order valence-electron chi connectivity index (χ0n) is 21.2. The van der Waals surface area contributed by atoms with Crippen LogP contribution in [-0.2, 0) is 28.3 Å². The summed E-state index contributed by atoms with van der Waals surface area (Å²) in [7, 11) is -0.583. The van der Waals surface area contributed by atoms with E-state index in [2.05, 4.69) is 19.8 Å². The van der Waals surface area contributed by atoms with Gasteiger partial charge >= 0.3 is 0 Å². The maximum atomic E-state index is 13.1. The average molecular weight is 517 g/mol. The summed E-state index contributed by atoms with van der Waals surface area (Å²) in [6.45, 7) is 7.46. The number of carbonyl (C=O) groups is 1. The maximum Gasteiger partial charge on any atom is 0.277 e. The number of aromatic nitrogens is 4. The lowest BCUT2D eigenvalue weighted by molar-refractivity contribution is -0.122. The number of hydrogen-bond donors (Lipinski definition) is 2. The molecular weight excluding hydrogens is 484 g/mol. The number of rotatable bonds is 8. The fourth-order valence-corrected chi connectivity index (χ4v) is 5.53. The Morgan fingerprint density at radius 3 is 2.69 bits per heavy atom. The molecule has 2 N–H and O–H groups in total. The lowest BCUT2D eigenvalue weighted by atomic mass is 10.1. The molecule has 2 aromatic heterocycles. The van der Waals surface area contributed by atoms with E-state index in [-0.39, 0.29) is 10.7 Å². The van der Waals surface area contributed by atoms with Crippen LogP contribution in [0.4, 0.5) is 0 Å². The van der Waals surface area contributed by atoms with Crippen LogP contribution in [0.25, 0.3) is 22.4 Å². The van der Waals surface area contributed by atoms with Crippen molar-refractivity contribution in [2.75, 3.05) is 26.7 Å².